The molecule has 0 unspecified atom stereocenters. The van der Waals surface area contributed by atoms with E-state index in [1.807, 2.05) is 74.5 Å². The van der Waals surface area contributed by atoms with E-state index in [0.29, 0.717) is 46.5 Å². The number of benzene rings is 4. The lowest BCUT2D eigenvalue weighted by molar-refractivity contribution is -0.137. The number of hydrogen-bond donors (Lipinski definition) is 2. The Morgan fingerprint density at radius 3 is 2.40 bits per heavy atom. The molecule has 13 heteroatoms. The minimum absolute atomic E-state index is 0.120. The summed E-state index contributed by atoms with van der Waals surface area (Å²) in [4.78, 5) is 14.7. The van der Waals surface area contributed by atoms with Crippen LogP contribution in [0.3, 0.4) is 0 Å². The van der Waals surface area contributed by atoms with Crippen LogP contribution in [-0.2, 0) is 9.53 Å². The normalized spacial score (nSPS) is 11.7. The van der Waals surface area contributed by atoms with Crippen molar-refractivity contribution in [3.05, 3.63) is 102 Å². The van der Waals surface area contributed by atoms with Crippen LogP contribution in [-0.4, -0.2) is 31.4 Å². The number of anilines is 1. The SMILES string of the molecule is C=CC(=O)OCCSc1c(F)c(F)c(SNSc2ccccc2-c2c3ccc(=NCC)cc-3oc3cc(NCC)ccc23)c(F)c1F. The number of thioether (sulfide) groups is 1. The maximum Gasteiger partial charge on any atom is 0.330 e. The number of nitrogens with zero attached hydrogens (tertiary/aromatic N) is 1. The van der Waals surface area contributed by atoms with Gasteiger partial charge >= 0.3 is 5.97 Å². The lowest BCUT2D eigenvalue weighted by Gasteiger charge is -2.18. The van der Waals surface area contributed by atoms with E-state index in [9.17, 15) is 13.6 Å². The Bertz CT molecular complexity index is 1960. The molecule has 1 heterocycles. The monoisotopic (exact) mass is 699 g/mol. The molecule has 2 N–H and O–H groups in total. The van der Waals surface area contributed by atoms with Crippen LogP contribution < -0.4 is 14.8 Å². The fourth-order valence-electron chi connectivity index (χ4n) is 4.79. The van der Waals surface area contributed by atoms with E-state index < -0.39 is 39.0 Å². The highest BCUT2D eigenvalue weighted by atomic mass is 32.2. The van der Waals surface area contributed by atoms with Gasteiger partial charge in [-0.2, -0.15) is 4.13 Å². The van der Waals surface area contributed by atoms with Gasteiger partial charge in [-0.3, -0.25) is 4.99 Å². The maximum atomic E-state index is 15.0. The van der Waals surface area contributed by atoms with E-state index in [-0.39, 0.29) is 12.4 Å². The minimum Gasteiger partial charge on any atom is -0.462 e. The summed E-state index contributed by atoms with van der Waals surface area (Å²) >= 11 is 1.96. The van der Waals surface area contributed by atoms with Crippen molar-refractivity contribution in [3.63, 3.8) is 0 Å². The third-order valence-electron chi connectivity index (χ3n) is 6.80. The van der Waals surface area contributed by atoms with Crippen LogP contribution in [0.1, 0.15) is 13.8 Å². The van der Waals surface area contributed by atoms with Gasteiger partial charge in [-0.05, 0) is 73.6 Å². The summed E-state index contributed by atoms with van der Waals surface area (Å²) in [5, 5.41) is 4.92. The van der Waals surface area contributed by atoms with Crippen molar-refractivity contribution >= 4 is 58.3 Å². The summed E-state index contributed by atoms with van der Waals surface area (Å²) < 4.78 is 73.6. The van der Waals surface area contributed by atoms with Gasteiger partial charge in [0.2, 0.25) is 0 Å². The van der Waals surface area contributed by atoms with Crippen LogP contribution in [0.2, 0.25) is 0 Å². The Kier molecular flexibility index (Phi) is 11.6. The van der Waals surface area contributed by atoms with E-state index in [1.165, 1.54) is 0 Å². The van der Waals surface area contributed by atoms with E-state index in [1.54, 1.807) is 0 Å². The van der Waals surface area contributed by atoms with Gasteiger partial charge in [0.25, 0.3) is 0 Å². The molecule has 3 aromatic carbocycles. The van der Waals surface area contributed by atoms with Crippen molar-refractivity contribution in [1.82, 2.24) is 4.13 Å². The smallest absolute Gasteiger partial charge is 0.330 e. The number of ether oxygens (including phenoxy) is 1. The molecule has 1 aliphatic heterocycles. The highest BCUT2D eigenvalue weighted by molar-refractivity contribution is 8.12. The second kappa shape index (κ2) is 15.8. The Hall–Kier alpha value is -3.91. The molecule has 0 saturated heterocycles. The topological polar surface area (TPSA) is 75.9 Å². The Morgan fingerprint density at radius 2 is 1.68 bits per heavy atom. The molecular weight excluding hydrogens is 671 g/mol. The summed E-state index contributed by atoms with van der Waals surface area (Å²) in [7, 11) is 0. The number of rotatable bonds is 13. The molecular formula is C34H29F4N3O3S3. The fraction of sp³-hybridized carbons (Fsp3) is 0.176. The first-order valence-electron chi connectivity index (χ1n) is 14.5. The zero-order valence-corrected chi connectivity index (χ0v) is 27.7. The summed E-state index contributed by atoms with van der Waals surface area (Å²) in [5.41, 5.74) is 4.05. The first-order valence-corrected chi connectivity index (χ1v) is 17.1. The zero-order chi connectivity index (χ0) is 33.5. The second-order valence-corrected chi connectivity index (χ2v) is 12.8. The predicted octanol–water partition coefficient (Wildman–Crippen LogP) is 9.24. The molecule has 2 aliphatic rings. The van der Waals surface area contributed by atoms with Crippen LogP contribution in [0.25, 0.3) is 33.4 Å². The van der Waals surface area contributed by atoms with E-state index in [4.69, 9.17) is 9.15 Å². The van der Waals surface area contributed by atoms with Crippen molar-refractivity contribution < 1.29 is 31.5 Å². The van der Waals surface area contributed by atoms with Gasteiger partial charge in [0.1, 0.15) is 22.8 Å². The van der Waals surface area contributed by atoms with Crippen LogP contribution in [0.5, 0.6) is 0 Å². The highest BCUT2D eigenvalue weighted by Crippen LogP contribution is 2.44. The third kappa shape index (κ3) is 7.64. The lowest BCUT2D eigenvalue weighted by atomic mass is 9.93. The molecule has 0 spiro atoms. The van der Waals surface area contributed by atoms with Crippen molar-refractivity contribution in [2.24, 2.45) is 4.99 Å². The Balaban J connectivity index is 1.46. The van der Waals surface area contributed by atoms with Crippen molar-refractivity contribution in [2.45, 2.75) is 28.5 Å². The molecule has 0 saturated carbocycles. The summed E-state index contributed by atoms with van der Waals surface area (Å²) in [5.74, 6) is -6.35. The number of esters is 1. The van der Waals surface area contributed by atoms with Gasteiger partial charge in [0.05, 0.1) is 10.3 Å². The quantitative estimate of drug-likeness (QED) is 0.0184. The van der Waals surface area contributed by atoms with Crippen molar-refractivity contribution in [3.8, 4) is 22.5 Å². The van der Waals surface area contributed by atoms with Crippen LogP contribution in [0.4, 0.5) is 23.2 Å². The van der Waals surface area contributed by atoms with Crippen molar-refractivity contribution in [1.29, 1.82) is 0 Å². The molecule has 0 radical (unpaired) electrons. The van der Waals surface area contributed by atoms with Crippen molar-refractivity contribution in [2.75, 3.05) is 30.8 Å². The molecule has 0 fully saturated rings. The molecule has 5 rings (SSSR count). The highest BCUT2D eigenvalue weighted by Gasteiger charge is 2.27. The summed E-state index contributed by atoms with van der Waals surface area (Å²) in [6.45, 7) is 8.33. The van der Waals surface area contributed by atoms with Gasteiger partial charge in [-0.15, -0.1) is 11.8 Å². The van der Waals surface area contributed by atoms with Gasteiger partial charge < -0.3 is 14.5 Å². The average Bonchev–Trinajstić information content (AvgIpc) is 3.07. The molecule has 0 bridgehead atoms. The number of nitrogens with one attached hydrogen (secondary N) is 2. The number of carbonyl (C=O) groups is 1. The first kappa shape index (κ1) is 34.4. The van der Waals surface area contributed by atoms with Crippen LogP contribution in [0, 0.1) is 23.3 Å². The van der Waals surface area contributed by atoms with Gasteiger partial charge in [0.15, 0.2) is 23.3 Å². The van der Waals surface area contributed by atoms with Crippen LogP contribution in [0.15, 0.2) is 97.4 Å². The minimum atomic E-state index is -1.53. The third-order valence-corrected chi connectivity index (χ3v) is 9.63. The fourth-order valence-corrected chi connectivity index (χ4v) is 7.23. The summed E-state index contributed by atoms with van der Waals surface area (Å²) in [6, 6.07) is 19.1. The standard InChI is InChI=1S/C34H29F4N3O3S3/c1-4-27(42)43-15-16-45-33-29(35)31(37)34(32(38)30(33)36)47-41-46-26-10-8-7-9-23(26)28-21-13-11-19(39-5-2)17-24(21)44-25-18-20(40-6-3)12-14-22(25)28/h4,7-14,17-18,39,41H,1,5-6,15-16H2,2-3H3. The van der Waals surface area contributed by atoms with Gasteiger partial charge in [0, 0.05) is 64.1 Å². The second-order valence-electron chi connectivity index (χ2n) is 9.79. The predicted molar refractivity (Wildman–Crippen MR) is 182 cm³/mol. The molecule has 0 aromatic heterocycles. The van der Waals surface area contributed by atoms with E-state index in [0.717, 1.165) is 57.7 Å². The molecule has 47 heavy (non-hydrogen) atoms. The van der Waals surface area contributed by atoms with Gasteiger partial charge in [-0.25, -0.2) is 22.4 Å². The largest absolute Gasteiger partial charge is 0.462 e. The number of fused-ring (bicyclic) bond motifs is 2. The molecule has 0 amide bonds. The Labute approximate surface area is 281 Å². The summed E-state index contributed by atoms with van der Waals surface area (Å²) in [6.07, 6.45) is 0.932. The average molecular weight is 700 g/mol. The Morgan fingerprint density at radius 1 is 0.936 bits per heavy atom. The van der Waals surface area contributed by atoms with E-state index in [2.05, 4.69) is 21.0 Å². The zero-order valence-electron chi connectivity index (χ0n) is 25.3. The van der Waals surface area contributed by atoms with Crippen LogP contribution >= 0.6 is 35.7 Å². The number of carbonyl (C=O) groups excluding carboxylic acids is 1. The van der Waals surface area contributed by atoms with Gasteiger partial charge in [-0.1, -0.05) is 24.8 Å². The maximum absolute atomic E-state index is 15.0. The number of hydrogen-bond acceptors (Lipinski definition) is 9. The lowest BCUT2D eigenvalue weighted by Crippen LogP contribution is -2.07. The van der Waals surface area contributed by atoms with E-state index >= 15 is 8.78 Å². The molecule has 3 aromatic rings. The first-order chi connectivity index (χ1) is 22.8. The number of halogens is 4. The molecule has 244 valence electrons. The molecule has 1 aliphatic carbocycles. The molecule has 6 nitrogen and oxygen atoms in total. The molecule has 0 atom stereocenters.